The molecule has 25 heavy (non-hydrogen) atoms. The Hall–Kier alpha value is -2.25. The van der Waals surface area contributed by atoms with Gasteiger partial charge in [-0.1, -0.05) is 32.0 Å². The predicted octanol–water partition coefficient (Wildman–Crippen LogP) is 3.86. The molecular formula is C18H18N2O3S2. The molecule has 0 radical (unpaired) electrons. The minimum Gasteiger partial charge on any atom is -0.457 e. The lowest BCUT2D eigenvalue weighted by molar-refractivity contribution is -0.148. The van der Waals surface area contributed by atoms with Crippen molar-refractivity contribution in [3.05, 3.63) is 51.7 Å². The number of carbonyl (C=O) groups excluding carboxylic acids is 2. The van der Waals surface area contributed by atoms with Crippen LogP contribution in [0.15, 0.2) is 41.8 Å². The molecule has 0 aliphatic heterocycles. The molecule has 0 unspecified atom stereocenters. The van der Waals surface area contributed by atoms with Crippen molar-refractivity contribution in [2.24, 2.45) is 5.92 Å². The fourth-order valence-electron chi connectivity index (χ4n) is 2.32. The van der Waals surface area contributed by atoms with Crippen molar-refractivity contribution in [3.8, 4) is 0 Å². The van der Waals surface area contributed by atoms with Crippen LogP contribution in [-0.2, 0) is 16.1 Å². The van der Waals surface area contributed by atoms with Crippen LogP contribution >= 0.6 is 22.7 Å². The van der Waals surface area contributed by atoms with Crippen LogP contribution in [0.4, 0.5) is 0 Å². The average molecular weight is 374 g/mol. The highest BCUT2D eigenvalue weighted by Crippen LogP contribution is 2.22. The van der Waals surface area contributed by atoms with Crippen LogP contribution < -0.4 is 5.32 Å². The van der Waals surface area contributed by atoms with Gasteiger partial charge in [0.05, 0.1) is 15.1 Å². The van der Waals surface area contributed by atoms with Gasteiger partial charge in [0.2, 0.25) is 0 Å². The van der Waals surface area contributed by atoms with Crippen molar-refractivity contribution in [1.82, 2.24) is 10.3 Å². The molecule has 0 aliphatic carbocycles. The summed E-state index contributed by atoms with van der Waals surface area (Å²) in [4.78, 5) is 29.6. The first-order chi connectivity index (χ1) is 12.0. The molecule has 1 aromatic carbocycles. The van der Waals surface area contributed by atoms with Crippen LogP contribution in [0.2, 0.25) is 0 Å². The number of rotatable bonds is 6. The number of aromatic nitrogens is 1. The summed E-state index contributed by atoms with van der Waals surface area (Å²) in [5.41, 5.74) is 0.893. The summed E-state index contributed by atoms with van der Waals surface area (Å²) in [6.07, 6.45) is 0. The molecule has 0 bridgehead atoms. The fourth-order valence-corrected chi connectivity index (χ4v) is 3.83. The Bertz CT molecular complexity index is 838. The average Bonchev–Trinajstić information content (AvgIpc) is 3.25. The zero-order valence-electron chi connectivity index (χ0n) is 13.9. The number of nitrogens with one attached hydrogen (secondary N) is 1. The number of amides is 1. The molecule has 2 heterocycles. The summed E-state index contributed by atoms with van der Waals surface area (Å²) >= 11 is 2.83. The summed E-state index contributed by atoms with van der Waals surface area (Å²) in [7, 11) is 0. The second-order valence-corrected chi connectivity index (χ2v) is 7.92. The van der Waals surface area contributed by atoms with Crippen molar-refractivity contribution in [2.75, 3.05) is 0 Å². The smallest absolute Gasteiger partial charge is 0.329 e. The van der Waals surface area contributed by atoms with Crippen LogP contribution in [0.3, 0.4) is 0 Å². The van der Waals surface area contributed by atoms with Gasteiger partial charge in [-0.2, -0.15) is 0 Å². The molecule has 0 saturated carbocycles. The highest BCUT2D eigenvalue weighted by atomic mass is 32.1. The number of thiazole rings is 1. The molecule has 5 nitrogen and oxygen atoms in total. The van der Waals surface area contributed by atoms with Crippen LogP contribution in [0, 0.1) is 5.92 Å². The summed E-state index contributed by atoms with van der Waals surface area (Å²) in [5.74, 6) is -0.781. The number of nitrogens with zero attached hydrogens (tertiary/aromatic N) is 1. The standard InChI is InChI=1S/C18H18N2O3S2/c1-11(2)16(20-17(21)14-8-5-9-24-14)18(22)23-10-15-19-12-6-3-4-7-13(12)25-15/h3-9,11,16H,10H2,1-2H3,(H,20,21)/t16-/m1/s1. The zero-order valence-corrected chi connectivity index (χ0v) is 15.5. The van der Waals surface area contributed by atoms with Gasteiger partial charge in [-0.25, -0.2) is 9.78 Å². The highest BCUT2D eigenvalue weighted by Gasteiger charge is 2.26. The fraction of sp³-hybridized carbons (Fsp3) is 0.278. The topological polar surface area (TPSA) is 68.3 Å². The lowest BCUT2D eigenvalue weighted by Crippen LogP contribution is -2.45. The van der Waals surface area contributed by atoms with E-state index in [-0.39, 0.29) is 18.4 Å². The van der Waals surface area contributed by atoms with Gasteiger partial charge in [0.15, 0.2) is 0 Å². The molecule has 3 aromatic rings. The normalized spacial score (nSPS) is 12.3. The van der Waals surface area contributed by atoms with Crippen molar-refractivity contribution in [1.29, 1.82) is 0 Å². The number of benzene rings is 1. The Morgan fingerprint density at radius 1 is 1.20 bits per heavy atom. The van der Waals surface area contributed by atoms with E-state index in [0.717, 1.165) is 15.2 Å². The minimum absolute atomic E-state index is 0.0771. The number of thiophene rings is 1. The Morgan fingerprint density at radius 2 is 2.00 bits per heavy atom. The van der Waals surface area contributed by atoms with E-state index in [1.165, 1.54) is 22.7 Å². The van der Waals surface area contributed by atoms with E-state index in [9.17, 15) is 9.59 Å². The quantitative estimate of drug-likeness (QED) is 0.665. The van der Waals surface area contributed by atoms with Crippen LogP contribution in [0.5, 0.6) is 0 Å². The SMILES string of the molecule is CC(C)[C@@H](NC(=O)c1cccs1)C(=O)OCc1nc2ccccc2s1. The van der Waals surface area contributed by atoms with E-state index < -0.39 is 12.0 Å². The summed E-state index contributed by atoms with van der Waals surface area (Å²) in [6.45, 7) is 3.85. The third-order valence-electron chi connectivity index (χ3n) is 3.63. The number of hydrogen-bond acceptors (Lipinski definition) is 6. The first-order valence-corrected chi connectivity index (χ1v) is 9.59. The van der Waals surface area contributed by atoms with Crippen molar-refractivity contribution < 1.29 is 14.3 Å². The Kier molecular flexibility index (Phi) is 5.45. The van der Waals surface area contributed by atoms with Gasteiger partial charge in [-0.05, 0) is 29.5 Å². The van der Waals surface area contributed by atoms with Gasteiger partial charge < -0.3 is 10.1 Å². The Morgan fingerprint density at radius 3 is 2.68 bits per heavy atom. The molecule has 0 saturated heterocycles. The summed E-state index contributed by atoms with van der Waals surface area (Å²) in [5, 5.41) is 5.32. The number of para-hydroxylation sites is 1. The number of carbonyl (C=O) groups is 2. The Labute approximate surface area is 153 Å². The first-order valence-electron chi connectivity index (χ1n) is 7.90. The lowest BCUT2D eigenvalue weighted by atomic mass is 10.0. The van der Waals surface area contributed by atoms with E-state index in [0.29, 0.717) is 4.88 Å². The van der Waals surface area contributed by atoms with Crippen molar-refractivity contribution in [3.63, 3.8) is 0 Å². The summed E-state index contributed by atoms with van der Waals surface area (Å²) in [6, 6.07) is 10.6. The number of hydrogen-bond donors (Lipinski definition) is 1. The molecule has 2 aromatic heterocycles. The number of ether oxygens (including phenoxy) is 1. The molecule has 0 aliphatic rings. The molecule has 1 amide bonds. The maximum absolute atomic E-state index is 12.4. The predicted molar refractivity (Wildman–Crippen MR) is 99.8 cm³/mol. The third-order valence-corrected chi connectivity index (χ3v) is 5.51. The van der Waals surface area contributed by atoms with Gasteiger partial charge in [-0.15, -0.1) is 22.7 Å². The van der Waals surface area contributed by atoms with Gasteiger partial charge in [0.25, 0.3) is 5.91 Å². The molecule has 130 valence electrons. The summed E-state index contributed by atoms with van der Waals surface area (Å²) < 4.78 is 6.45. The zero-order chi connectivity index (χ0) is 17.8. The number of fused-ring (bicyclic) bond motifs is 1. The van der Waals surface area contributed by atoms with Gasteiger partial charge >= 0.3 is 5.97 Å². The van der Waals surface area contributed by atoms with E-state index >= 15 is 0 Å². The maximum atomic E-state index is 12.4. The van der Waals surface area contributed by atoms with Crippen molar-refractivity contribution in [2.45, 2.75) is 26.5 Å². The van der Waals surface area contributed by atoms with Crippen molar-refractivity contribution >= 4 is 44.8 Å². The van der Waals surface area contributed by atoms with E-state index in [4.69, 9.17) is 4.74 Å². The van der Waals surface area contributed by atoms with Gasteiger partial charge in [-0.3, -0.25) is 4.79 Å². The minimum atomic E-state index is -0.691. The molecule has 1 atom stereocenters. The second kappa shape index (κ2) is 7.76. The van der Waals surface area contributed by atoms with Gasteiger partial charge in [0.1, 0.15) is 17.7 Å². The monoisotopic (exact) mass is 374 g/mol. The highest BCUT2D eigenvalue weighted by molar-refractivity contribution is 7.18. The molecule has 1 N–H and O–H groups in total. The molecule has 0 spiro atoms. The molecule has 7 heteroatoms. The molecule has 0 fully saturated rings. The largest absolute Gasteiger partial charge is 0.457 e. The van der Waals surface area contributed by atoms with Gasteiger partial charge in [0, 0.05) is 0 Å². The second-order valence-electron chi connectivity index (χ2n) is 5.86. The van der Waals surface area contributed by atoms with E-state index in [1.807, 2.05) is 43.5 Å². The Balaban J connectivity index is 1.63. The third kappa shape index (κ3) is 4.24. The van der Waals surface area contributed by atoms with Crippen LogP contribution in [0.25, 0.3) is 10.2 Å². The van der Waals surface area contributed by atoms with Crippen LogP contribution in [0.1, 0.15) is 28.5 Å². The van der Waals surface area contributed by atoms with E-state index in [2.05, 4.69) is 10.3 Å². The maximum Gasteiger partial charge on any atom is 0.329 e. The molecular weight excluding hydrogens is 356 g/mol. The number of esters is 1. The first kappa shape index (κ1) is 17.6. The van der Waals surface area contributed by atoms with E-state index in [1.54, 1.807) is 12.1 Å². The molecule has 3 rings (SSSR count). The van der Waals surface area contributed by atoms with Crippen LogP contribution in [-0.4, -0.2) is 22.9 Å². The lowest BCUT2D eigenvalue weighted by Gasteiger charge is -2.20.